The summed E-state index contributed by atoms with van der Waals surface area (Å²) in [5, 5.41) is 0. The van der Waals surface area contributed by atoms with Gasteiger partial charge in [-0.1, -0.05) is 22.0 Å². The van der Waals surface area contributed by atoms with E-state index in [1.54, 1.807) is 13.0 Å². The molecule has 5 heteroatoms. The number of esters is 1. The Morgan fingerprint density at radius 2 is 2.29 bits per heavy atom. The minimum absolute atomic E-state index is 0.0129. The highest BCUT2D eigenvalue weighted by Crippen LogP contribution is 2.25. The molecule has 0 unspecified atom stereocenters. The van der Waals surface area contributed by atoms with Crippen LogP contribution in [0.25, 0.3) is 0 Å². The van der Waals surface area contributed by atoms with E-state index in [0.717, 1.165) is 10.0 Å². The van der Waals surface area contributed by atoms with Crippen molar-refractivity contribution in [1.29, 1.82) is 0 Å². The van der Waals surface area contributed by atoms with Gasteiger partial charge in [-0.25, -0.2) is 0 Å². The molecule has 0 spiro atoms. The number of halogens is 1. The molecule has 4 nitrogen and oxygen atoms in total. The highest BCUT2D eigenvalue weighted by atomic mass is 79.9. The molecule has 0 saturated carbocycles. The van der Waals surface area contributed by atoms with Gasteiger partial charge in [0.05, 0.1) is 6.61 Å². The maximum Gasteiger partial charge on any atom is 0.325 e. The van der Waals surface area contributed by atoms with Crippen molar-refractivity contribution in [3.8, 4) is 0 Å². The molecule has 1 aliphatic rings. The van der Waals surface area contributed by atoms with Crippen LogP contribution in [0.3, 0.4) is 0 Å². The van der Waals surface area contributed by atoms with Gasteiger partial charge in [-0.15, -0.1) is 0 Å². The van der Waals surface area contributed by atoms with Gasteiger partial charge in [-0.05, 0) is 24.6 Å². The van der Waals surface area contributed by atoms with Crippen molar-refractivity contribution in [1.82, 2.24) is 4.90 Å². The van der Waals surface area contributed by atoms with Crippen molar-refractivity contribution < 1.29 is 14.3 Å². The van der Waals surface area contributed by atoms with Gasteiger partial charge in [-0.3, -0.25) is 9.59 Å². The molecule has 2 rings (SSSR count). The fourth-order valence-corrected chi connectivity index (χ4v) is 2.18. The molecule has 0 N–H and O–H groups in total. The monoisotopic (exact) mass is 297 g/mol. The van der Waals surface area contributed by atoms with E-state index in [-0.39, 0.29) is 18.4 Å². The van der Waals surface area contributed by atoms with Crippen molar-refractivity contribution in [3.63, 3.8) is 0 Å². The molecule has 0 aliphatic carbocycles. The Morgan fingerprint density at radius 3 is 3.00 bits per heavy atom. The maximum absolute atomic E-state index is 12.0. The number of nitrogens with zero attached hydrogens (tertiary/aromatic N) is 1. The van der Waals surface area contributed by atoms with Crippen LogP contribution < -0.4 is 0 Å². The molecule has 0 bridgehead atoms. The summed E-state index contributed by atoms with van der Waals surface area (Å²) in [7, 11) is 0. The molecule has 1 aliphatic heterocycles. The van der Waals surface area contributed by atoms with Gasteiger partial charge >= 0.3 is 5.97 Å². The number of carbonyl (C=O) groups is 2. The van der Waals surface area contributed by atoms with E-state index >= 15 is 0 Å². The lowest BCUT2D eigenvalue weighted by atomic mass is 10.1. The van der Waals surface area contributed by atoms with Gasteiger partial charge in [0.1, 0.15) is 6.54 Å². The normalized spacial score (nSPS) is 13.8. The number of carbonyl (C=O) groups excluding carboxylic acids is 2. The predicted molar refractivity (Wildman–Crippen MR) is 65.5 cm³/mol. The Balaban J connectivity index is 2.12. The van der Waals surface area contributed by atoms with E-state index in [4.69, 9.17) is 4.74 Å². The molecular weight excluding hydrogens is 286 g/mol. The number of benzene rings is 1. The number of fused-ring (bicyclic) bond motifs is 1. The third-order valence-corrected chi connectivity index (χ3v) is 3.07. The first-order chi connectivity index (χ1) is 8.11. The minimum atomic E-state index is -0.368. The summed E-state index contributed by atoms with van der Waals surface area (Å²) in [4.78, 5) is 24.8. The molecule has 0 aromatic heterocycles. The lowest BCUT2D eigenvalue weighted by molar-refractivity contribution is -0.143. The van der Waals surface area contributed by atoms with Crippen molar-refractivity contribution in [2.45, 2.75) is 13.5 Å². The van der Waals surface area contributed by atoms with Gasteiger partial charge in [0.25, 0.3) is 5.91 Å². The molecule has 0 atom stereocenters. The number of hydrogen-bond donors (Lipinski definition) is 0. The zero-order valence-corrected chi connectivity index (χ0v) is 11.0. The van der Waals surface area contributed by atoms with Crippen LogP contribution >= 0.6 is 15.9 Å². The lowest BCUT2D eigenvalue weighted by Crippen LogP contribution is -2.31. The van der Waals surface area contributed by atoms with Crippen LogP contribution in [0.1, 0.15) is 22.8 Å². The molecular formula is C12H12BrNO3. The van der Waals surface area contributed by atoms with Gasteiger partial charge < -0.3 is 9.64 Å². The van der Waals surface area contributed by atoms with Crippen molar-refractivity contribution in [2.75, 3.05) is 13.2 Å². The van der Waals surface area contributed by atoms with Crippen LogP contribution in [0.4, 0.5) is 0 Å². The molecule has 1 amide bonds. The minimum Gasteiger partial charge on any atom is -0.465 e. The second-order valence-corrected chi connectivity index (χ2v) is 4.68. The van der Waals surface area contributed by atoms with Crippen LogP contribution in [-0.4, -0.2) is 29.9 Å². The van der Waals surface area contributed by atoms with E-state index in [1.807, 2.05) is 12.1 Å². The highest BCUT2D eigenvalue weighted by molar-refractivity contribution is 9.10. The number of ether oxygens (including phenoxy) is 1. The topological polar surface area (TPSA) is 46.6 Å². The fourth-order valence-electron chi connectivity index (χ4n) is 1.82. The summed E-state index contributed by atoms with van der Waals surface area (Å²) in [6, 6.07) is 5.56. The molecule has 90 valence electrons. The summed E-state index contributed by atoms with van der Waals surface area (Å²) in [5.74, 6) is -0.484. The number of hydrogen-bond acceptors (Lipinski definition) is 3. The van der Waals surface area contributed by atoms with E-state index < -0.39 is 0 Å². The van der Waals surface area contributed by atoms with Gasteiger partial charge in [-0.2, -0.15) is 0 Å². The Labute approximate surface area is 108 Å². The first-order valence-electron chi connectivity index (χ1n) is 5.35. The lowest BCUT2D eigenvalue weighted by Gasteiger charge is -2.13. The van der Waals surface area contributed by atoms with Gasteiger partial charge in [0, 0.05) is 16.6 Å². The maximum atomic E-state index is 12.0. The smallest absolute Gasteiger partial charge is 0.325 e. The highest BCUT2D eigenvalue weighted by Gasteiger charge is 2.29. The largest absolute Gasteiger partial charge is 0.465 e. The molecule has 0 radical (unpaired) electrons. The molecule has 1 heterocycles. The SMILES string of the molecule is CCOC(=O)CN1Cc2ccc(Br)cc2C1=O. The standard InChI is InChI=1S/C12H12BrNO3/c1-2-17-11(15)7-14-6-8-3-4-9(13)5-10(8)12(14)16/h3-5H,2,6-7H2,1H3. The third-order valence-electron chi connectivity index (χ3n) is 2.58. The summed E-state index contributed by atoms with van der Waals surface area (Å²) in [6.45, 7) is 2.56. The quantitative estimate of drug-likeness (QED) is 0.802. The zero-order valence-electron chi connectivity index (χ0n) is 9.40. The van der Waals surface area contributed by atoms with Gasteiger partial charge in [0.2, 0.25) is 0 Å². The second kappa shape index (κ2) is 4.87. The van der Waals surface area contributed by atoms with Crippen LogP contribution in [0, 0.1) is 0 Å². The average molecular weight is 298 g/mol. The first kappa shape index (κ1) is 12.1. The summed E-state index contributed by atoms with van der Waals surface area (Å²) in [5.41, 5.74) is 1.60. The first-order valence-corrected chi connectivity index (χ1v) is 6.14. The Bertz CT molecular complexity index is 473. The van der Waals surface area contributed by atoms with Gasteiger partial charge in [0.15, 0.2) is 0 Å². The number of rotatable bonds is 3. The summed E-state index contributed by atoms with van der Waals surface area (Å²) >= 11 is 3.33. The van der Waals surface area contributed by atoms with Crippen LogP contribution in [0.15, 0.2) is 22.7 Å². The summed E-state index contributed by atoms with van der Waals surface area (Å²) in [6.07, 6.45) is 0. The van der Waals surface area contributed by atoms with E-state index in [2.05, 4.69) is 15.9 Å². The van der Waals surface area contributed by atoms with E-state index in [0.29, 0.717) is 18.7 Å². The van der Waals surface area contributed by atoms with Crippen molar-refractivity contribution in [3.05, 3.63) is 33.8 Å². The second-order valence-electron chi connectivity index (χ2n) is 3.77. The molecule has 1 aromatic rings. The van der Waals surface area contributed by atoms with Crippen molar-refractivity contribution in [2.24, 2.45) is 0 Å². The zero-order chi connectivity index (χ0) is 12.4. The van der Waals surface area contributed by atoms with E-state index in [1.165, 1.54) is 4.90 Å². The summed E-state index contributed by atoms with van der Waals surface area (Å²) < 4.78 is 5.70. The van der Waals surface area contributed by atoms with Crippen LogP contribution in [0.2, 0.25) is 0 Å². The van der Waals surface area contributed by atoms with E-state index in [9.17, 15) is 9.59 Å². The Hall–Kier alpha value is -1.36. The van der Waals surface area contributed by atoms with Crippen molar-refractivity contribution >= 4 is 27.8 Å². The number of amides is 1. The Kier molecular flexibility index (Phi) is 3.47. The third kappa shape index (κ3) is 2.49. The molecule has 1 aromatic carbocycles. The average Bonchev–Trinajstić information content (AvgIpc) is 2.57. The molecule has 17 heavy (non-hydrogen) atoms. The fraction of sp³-hybridized carbons (Fsp3) is 0.333. The Morgan fingerprint density at radius 1 is 1.53 bits per heavy atom. The molecule has 0 fully saturated rings. The predicted octanol–water partition coefficient (Wildman–Crippen LogP) is 1.97. The van der Waals surface area contributed by atoms with Crippen LogP contribution in [-0.2, 0) is 16.1 Å². The van der Waals surface area contributed by atoms with Crippen LogP contribution in [0.5, 0.6) is 0 Å². The molecule has 0 saturated heterocycles.